The highest BCUT2D eigenvalue weighted by molar-refractivity contribution is 7.99. The summed E-state index contributed by atoms with van der Waals surface area (Å²) in [6.45, 7) is 0. The van der Waals surface area contributed by atoms with E-state index in [1.807, 2.05) is 60.6 Å². The van der Waals surface area contributed by atoms with Gasteiger partial charge in [-0.15, -0.1) is 0 Å². The highest BCUT2D eigenvalue weighted by Crippen LogP contribution is 2.62. The van der Waals surface area contributed by atoms with E-state index in [4.69, 9.17) is 9.97 Å². The highest BCUT2D eigenvalue weighted by Gasteiger charge is 2.52. The summed E-state index contributed by atoms with van der Waals surface area (Å²) < 4.78 is 7.02. The minimum atomic E-state index is -0.729. The van der Waals surface area contributed by atoms with Crippen LogP contribution in [0.5, 0.6) is 0 Å². The van der Waals surface area contributed by atoms with Crippen LogP contribution in [0.4, 0.5) is 0 Å². The number of nitrogens with zero attached hydrogens (tertiary/aromatic N) is 7. The van der Waals surface area contributed by atoms with Gasteiger partial charge >= 0.3 is 0 Å². The Balaban J connectivity index is 0.980. The van der Waals surface area contributed by atoms with Gasteiger partial charge < -0.3 is 13.7 Å². The van der Waals surface area contributed by atoms with Crippen LogP contribution in [-0.4, -0.2) is 23.7 Å². The molecule has 1 aliphatic heterocycles. The molecule has 1 unspecified atom stereocenters. The van der Waals surface area contributed by atoms with Crippen LogP contribution in [0.15, 0.2) is 210 Å². The molecule has 7 nitrogen and oxygen atoms in total. The van der Waals surface area contributed by atoms with Crippen LogP contribution in [-0.2, 0) is 5.41 Å². The number of hydrogen-bond donors (Lipinski definition) is 0. The molecule has 6 heterocycles. The van der Waals surface area contributed by atoms with E-state index in [9.17, 15) is 10.5 Å². The van der Waals surface area contributed by atoms with E-state index in [-0.39, 0.29) is 0 Å². The first-order valence-electron chi connectivity index (χ1n) is 22.9. The normalized spacial score (nSPS) is 14.6. The van der Waals surface area contributed by atoms with E-state index >= 15 is 0 Å². The summed E-state index contributed by atoms with van der Waals surface area (Å²) in [5.41, 5.74) is 16.4. The molecule has 8 heteroatoms. The third kappa shape index (κ3) is 5.00. The molecule has 8 aromatic carbocycles. The SMILES string of the molecule is N#Cc1ccc2c(c1)c1cc(C#N)ccc1n2-c1ccc2c(c1)c1ccccc1n2-c1ccc2c(c1)C1(c3ccccc3S2)c2cccnc2-c2ncc(-n3c4ccccc4c4ccccc43)cc21. The first-order valence-corrected chi connectivity index (χ1v) is 23.7. The lowest BCUT2D eigenvalue weighted by Gasteiger charge is -2.39. The molecule has 2 aliphatic rings. The van der Waals surface area contributed by atoms with Gasteiger partial charge in [-0.2, -0.15) is 10.5 Å². The van der Waals surface area contributed by atoms with Gasteiger partial charge in [-0.1, -0.05) is 90.6 Å². The number of pyridine rings is 2. The zero-order valence-corrected chi connectivity index (χ0v) is 37.4. The van der Waals surface area contributed by atoms with Crippen molar-refractivity contribution in [3.63, 3.8) is 0 Å². The number of aromatic nitrogens is 5. The molecule has 0 fully saturated rings. The monoisotopic (exact) mass is 895 g/mol. The van der Waals surface area contributed by atoms with Crippen molar-refractivity contribution in [1.82, 2.24) is 23.7 Å². The average molecular weight is 896 g/mol. The molecule has 5 aromatic heterocycles. The Morgan fingerprint density at radius 2 is 0.855 bits per heavy atom. The topological polar surface area (TPSA) is 88.2 Å². The zero-order valence-electron chi connectivity index (χ0n) is 36.6. The van der Waals surface area contributed by atoms with Gasteiger partial charge in [-0.3, -0.25) is 9.97 Å². The molecule has 1 spiro atoms. The van der Waals surface area contributed by atoms with Crippen molar-refractivity contribution >= 4 is 77.2 Å². The summed E-state index contributed by atoms with van der Waals surface area (Å²) in [7, 11) is 0. The van der Waals surface area contributed by atoms with Crippen molar-refractivity contribution in [3.05, 3.63) is 234 Å². The van der Waals surface area contributed by atoms with E-state index in [1.165, 1.54) is 31.7 Å². The second-order valence-corrected chi connectivity index (χ2v) is 19.0. The molecule has 1 atom stereocenters. The lowest BCUT2D eigenvalue weighted by atomic mass is 9.67. The lowest BCUT2D eigenvalue weighted by Crippen LogP contribution is -2.32. The molecule has 318 valence electrons. The second-order valence-electron chi connectivity index (χ2n) is 18.0. The first-order chi connectivity index (χ1) is 34.1. The highest BCUT2D eigenvalue weighted by atomic mass is 32.2. The Morgan fingerprint density at radius 3 is 1.52 bits per heavy atom. The predicted octanol–water partition coefficient (Wildman–Crippen LogP) is 14.3. The first kappa shape index (κ1) is 38.0. The molecule has 0 bridgehead atoms. The molecule has 13 aromatic rings. The second kappa shape index (κ2) is 13.9. The van der Waals surface area contributed by atoms with Crippen molar-refractivity contribution < 1.29 is 0 Å². The van der Waals surface area contributed by atoms with Crippen LogP contribution in [0.25, 0.3) is 93.9 Å². The smallest absolute Gasteiger partial charge is 0.0991 e. The van der Waals surface area contributed by atoms with Crippen LogP contribution >= 0.6 is 11.8 Å². The lowest BCUT2D eigenvalue weighted by molar-refractivity contribution is 0.717. The Morgan fingerprint density at radius 1 is 0.377 bits per heavy atom. The number of hydrogen-bond acceptors (Lipinski definition) is 5. The summed E-state index contributed by atoms with van der Waals surface area (Å²) in [5.74, 6) is 0. The molecule has 69 heavy (non-hydrogen) atoms. The molecule has 0 radical (unpaired) electrons. The molecular weight excluding hydrogens is 863 g/mol. The van der Waals surface area contributed by atoms with Crippen molar-refractivity contribution in [2.24, 2.45) is 0 Å². The molecule has 1 aliphatic carbocycles. The van der Waals surface area contributed by atoms with Crippen LogP contribution in [0.1, 0.15) is 33.4 Å². The van der Waals surface area contributed by atoms with Crippen molar-refractivity contribution in [3.8, 4) is 40.6 Å². The largest absolute Gasteiger partial charge is 0.309 e. The predicted molar refractivity (Wildman–Crippen MR) is 276 cm³/mol. The van der Waals surface area contributed by atoms with Crippen LogP contribution < -0.4 is 0 Å². The Labute approximate surface area is 399 Å². The fourth-order valence-corrected chi connectivity index (χ4v) is 13.0. The van der Waals surface area contributed by atoms with Crippen LogP contribution in [0.3, 0.4) is 0 Å². The summed E-state index contributed by atoms with van der Waals surface area (Å²) in [4.78, 5) is 12.9. The fraction of sp³-hybridized carbons (Fsp3) is 0.0164. The van der Waals surface area contributed by atoms with Gasteiger partial charge in [0.15, 0.2) is 0 Å². The quantitative estimate of drug-likeness (QED) is 0.176. The van der Waals surface area contributed by atoms with Gasteiger partial charge in [-0.05, 0) is 126 Å². The van der Waals surface area contributed by atoms with Gasteiger partial charge in [0.1, 0.15) is 0 Å². The van der Waals surface area contributed by atoms with Crippen molar-refractivity contribution in [1.29, 1.82) is 10.5 Å². The minimum Gasteiger partial charge on any atom is -0.309 e. The van der Waals surface area contributed by atoms with E-state index < -0.39 is 5.41 Å². The Bertz CT molecular complexity index is 4390. The summed E-state index contributed by atoms with van der Waals surface area (Å²) >= 11 is 1.82. The van der Waals surface area contributed by atoms with Gasteiger partial charge in [0.25, 0.3) is 0 Å². The summed E-state index contributed by atoms with van der Waals surface area (Å²) in [5, 5.41) is 26.3. The van der Waals surface area contributed by atoms with Crippen molar-refractivity contribution in [2.45, 2.75) is 15.2 Å². The Hall–Kier alpha value is -9.21. The Kier molecular flexibility index (Phi) is 7.65. The zero-order chi connectivity index (χ0) is 45.5. The molecular formula is C61H33N7S. The third-order valence-corrected chi connectivity index (χ3v) is 15.8. The van der Waals surface area contributed by atoms with Gasteiger partial charge in [-0.25, -0.2) is 0 Å². The molecule has 0 saturated heterocycles. The van der Waals surface area contributed by atoms with Gasteiger partial charge in [0.05, 0.1) is 85.1 Å². The number of fused-ring (bicyclic) bond motifs is 18. The van der Waals surface area contributed by atoms with Gasteiger partial charge in [0, 0.05) is 65.2 Å². The number of rotatable bonds is 3. The molecule has 15 rings (SSSR count). The summed E-state index contributed by atoms with van der Waals surface area (Å²) in [6.07, 6.45) is 3.92. The van der Waals surface area contributed by atoms with E-state index in [2.05, 4.69) is 177 Å². The van der Waals surface area contributed by atoms with Gasteiger partial charge in [0.2, 0.25) is 0 Å². The molecule has 0 saturated carbocycles. The van der Waals surface area contributed by atoms with E-state index in [1.54, 1.807) is 0 Å². The average Bonchev–Trinajstić information content (AvgIpc) is 4.12. The minimum absolute atomic E-state index is 0.580. The summed E-state index contributed by atoms with van der Waals surface area (Å²) in [6, 6.07) is 71.5. The van der Waals surface area contributed by atoms with E-state index in [0.29, 0.717) is 11.1 Å². The van der Waals surface area contributed by atoms with E-state index in [0.717, 1.165) is 94.2 Å². The number of benzene rings is 8. The standard InChI is InChI=1S/C61H33N7S/c62-33-36-19-23-54-44(28-36)45-29-37(34-63)20-24-55(45)66(54)38-21-25-56-46(30-38)43-12-3-7-17-53(43)67(56)39-22-26-58-49(31-39)61(47-13-4-8-18-57(47)69-58)48-14-9-27-64-59(48)60-50(61)32-40(35-65-60)68-51-15-5-1-10-41(51)42-11-2-6-16-52(42)68/h1-32,35H. The van der Waals surface area contributed by atoms with Crippen LogP contribution in [0, 0.1) is 22.7 Å². The number of nitriles is 2. The maximum Gasteiger partial charge on any atom is 0.0991 e. The maximum absolute atomic E-state index is 9.86. The van der Waals surface area contributed by atoms with Crippen molar-refractivity contribution in [2.75, 3.05) is 0 Å². The molecule has 0 N–H and O–H groups in total. The maximum atomic E-state index is 9.86. The number of para-hydroxylation sites is 3. The molecule has 0 amide bonds. The van der Waals surface area contributed by atoms with Crippen LogP contribution in [0.2, 0.25) is 0 Å². The third-order valence-electron chi connectivity index (χ3n) is 14.6. The fourth-order valence-electron chi connectivity index (χ4n) is 11.9.